The van der Waals surface area contributed by atoms with Crippen molar-refractivity contribution in [2.24, 2.45) is 17.8 Å². The molecule has 0 radical (unpaired) electrons. The monoisotopic (exact) mass is 470 g/mol. The molecule has 3 N–H and O–H groups in total. The molecule has 1 heterocycles. The SMILES string of the molecule is CC(C)C[C@@H](C=O)NC(=O)[C@H](CC(C)C)NC(=O)[C@H](CC(C)C)NC(=O)ON1CCOCC1. The number of hydrogen-bond donors (Lipinski definition) is 3. The van der Waals surface area contributed by atoms with E-state index in [1.165, 1.54) is 5.06 Å². The van der Waals surface area contributed by atoms with Gasteiger partial charge in [-0.25, -0.2) is 4.79 Å². The van der Waals surface area contributed by atoms with E-state index >= 15 is 0 Å². The number of hydrogen-bond acceptors (Lipinski definition) is 7. The molecule has 33 heavy (non-hydrogen) atoms. The minimum atomic E-state index is -0.862. The van der Waals surface area contributed by atoms with Crippen LogP contribution in [0.15, 0.2) is 0 Å². The summed E-state index contributed by atoms with van der Waals surface area (Å²) in [6.07, 6.45) is 1.29. The number of ether oxygens (including phenoxy) is 1. The fraction of sp³-hybridized carbons (Fsp3) is 0.826. The van der Waals surface area contributed by atoms with Crippen LogP contribution in [-0.2, 0) is 24.0 Å². The van der Waals surface area contributed by atoms with Gasteiger partial charge in [-0.1, -0.05) is 41.5 Å². The Morgan fingerprint density at radius 3 is 1.79 bits per heavy atom. The second kappa shape index (κ2) is 14.8. The van der Waals surface area contributed by atoms with Crippen LogP contribution in [0.4, 0.5) is 4.79 Å². The van der Waals surface area contributed by atoms with Gasteiger partial charge in [0, 0.05) is 0 Å². The van der Waals surface area contributed by atoms with Crippen molar-refractivity contribution in [1.82, 2.24) is 21.0 Å². The zero-order chi connectivity index (χ0) is 25.0. The standard InChI is InChI=1S/C23H42N4O6/c1-15(2)11-18(14-28)24-21(29)19(12-16(3)4)25-22(30)20(13-17(5)6)26-23(31)33-27-7-9-32-10-8-27/h14-20H,7-13H2,1-6H3,(H,24,29)(H,25,30)(H,26,31)/t18-,19-,20-/m0/s1. The molecule has 3 amide bonds. The summed E-state index contributed by atoms with van der Waals surface area (Å²) in [4.78, 5) is 55.0. The largest absolute Gasteiger partial charge is 0.426 e. The predicted octanol–water partition coefficient (Wildman–Crippen LogP) is 1.64. The molecule has 3 atom stereocenters. The van der Waals surface area contributed by atoms with Gasteiger partial charge in [-0.3, -0.25) is 9.59 Å². The lowest BCUT2D eigenvalue weighted by Crippen LogP contribution is -2.56. The van der Waals surface area contributed by atoms with Crippen molar-refractivity contribution in [3.8, 4) is 0 Å². The van der Waals surface area contributed by atoms with Gasteiger partial charge < -0.3 is 30.3 Å². The topological polar surface area (TPSA) is 126 Å². The summed E-state index contributed by atoms with van der Waals surface area (Å²) in [5, 5.41) is 9.63. The van der Waals surface area contributed by atoms with Gasteiger partial charge in [-0.2, -0.15) is 0 Å². The fourth-order valence-corrected chi connectivity index (χ4v) is 3.54. The van der Waals surface area contributed by atoms with E-state index in [-0.39, 0.29) is 17.8 Å². The number of morpholine rings is 1. The van der Waals surface area contributed by atoms with Crippen LogP contribution in [0.2, 0.25) is 0 Å². The molecule has 0 aromatic heterocycles. The Balaban J connectivity index is 2.83. The van der Waals surface area contributed by atoms with Gasteiger partial charge in [0.25, 0.3) is 0 Å². The average molecular weight is 471 g/mol. The van der Waals surface area contributed by atoms with Crippen molar-refractivity contribution in [3.63, 3.8) is 0 Å². The first kappa shape index (κ1) is 28.8. The Morgan fingerprint density at radius 1 is 0.818 bits per heavy atom. The first-order chi connectivity index (χ1) is 15.5. The molecule has 10 nitrogen and oxygen atoms in total. The van der Waals surface area contributed by atoms with Crippen molar-refractivity contribution >= 4 is 24.2 Å². The maximum Gasteiger partial charge on any atom is 0.426 e. The summed E-state index contributed by atoms with van der Waals surface area (Å²) < 4.78 is 5.23. The van der Waals surface area contributed by atoms with Gasteiger partial charge in [-0.05, 0) is 37.0 Å². The zero-order valence-electron chi connectivity index (χ0n) is 20.9. The predicted molar refractivity (Wildman–Crippen MR) is 124 cm³/mol. The van der Waals surface area contributed by atoms with Crippen LogP contribution in [0.5, 0.6) is 0 Å². The van der Waals surface area contributed by atoms with Crippen molar-refractivity contribution in [2.45, 2.75) is 78.9 Å². The molecule has 1 aliphatic rings. The highest BCUT2D eigenvalue weighted by molar-refractivity contribution is 5.92. The molecule has 1 saturated heterocycles. The molecule has 0 spiro atoms. The summed E-state index contributed by atoms with van der Waals surface area (Å²) in [7, 11) is 0. The van der Waals surface area contributed by atoms with E-state index in [0.717, 1.165) is 6.29 Å². The molecule has 1 rings (SSSR count). The number of amides is 3. The highest BCUT2D eigenvalue weighted by atomic mass is 16.7. The molecule has 0 saturated carbocycles. The maximum atomic E-state index is 13.1. The molecule has 0 aliphatic carbocycles. The van der Waals surface area contributed by atoms with Crippen LogP contribution in [-0.4, -0.2) is 73.7 Å². The Kier molecular flexibility index (Phi) is 13.0. The normalized spacial score (nSPS) is 17.4. The molecule has 0 bridgehead atoms. The van der Waals surface area contributed by atoms with Crippen molar-refractivity contribution in [1.29, 1.82) is 0 Å². The van der Waals surface area contributed by atoms with Crippen LogP contribution < -0.4 is 16.0 Å². The number of hydroxylamine groups is 2. The molecule has 10 heteroatoms. The minimum absolute atomic E-state index is 0.118. The van der Waals surface area contributed by atoms with Gasteiger partial charge in [0.1, 0.15) is 18.4 Å². The number of nitrogens with zero attached hydrogens (tertiary/aromatic N) is 1. The lowest BCUT2D eigenvalue weighted by molar-refractivity contribution is -0.147. The molecular weight excluding hydrogens is 428 g/mol. The Bertz CT molecular complexity index is 634. The first-order valence-corrected chi connectivity index (χ1v) is 11.9. The highest BCUT2D eigenvalue weighted by Crippen LogP contribution is 2.11. The second-order valence-electron chi connectivity index (χ2n) is 9.82. The third kappa shape index (κ3) is 12.0. The van der Waals surface area contributed by atoms with Gasteiger partial charge in [0.05, 0.1) is 32.3 Å². The quantitative estimate of drug-likeness (QED) is 0.349. The van der Waals surface area contributed by atoms with E-state index in [9.17, 15) is 19.2 Å². The summed E-state index contributed by atoms with van der Waals surface area (Å²) in [5.74, 6) is -0.393. The summed E-state index contributed by atoms with van der Waals surface area (Å²) in [5.41, 5.74) is 0. The van der Waals surface area contributed by atoms with E-state index in [2.05, 4.69) is 16.0 Å². The average Bonchev–Trinajstić information content (AvgIpc) is 2.71. The summed E-state index contributed by atoms with van der Waals surface area (Å²) >= 11 is 0. The van der Waals surface area contributed by atoms with Crippen molar-refractivity contribution in [3.05, 3.63) is 0 Å². The molecular formula is C23H42N4O6. The third-order valence-electron chi connectivity index (χ3n) is 5.06. The van der Waals surface area contributed by atoms with Crippen molar-refractivity contribution < 1.29 is 28.8 Å². The highest BCUT2D eigenvalue weighted by Gasteiger charge is 2.30. The number of carbonyl (C=O) groups is 4. The van der Waals surface area contributed by atoms with Gasteiger partial charge in [0.2, 0.25) is 11.8 Å². The van der Waals surface area contributed by atoms with Crippen LogP contribution in [0.1, 0.15) is 60.8 Å². The summed E-state index contributed by atoms with van der Waals surface area (Å²) in [6, 6.07) is -2.30. The number of carbonyl (C=O) groups excluding carboxylic acids is 4. The van der Waals surface area contributed by atoms with Crippen LogP contribution in [0.3, 0.4) is 0 Å². The third-order valence-corrected chi connectivity index (χ3v) is 5.06. The molecule has 0 aromatic carbocycles. The lowest BCUT2D eigenvalue weighted by atomic mass is 9.99. The van der Waals surface area contributed by atoms with E-state index in [0.29, 0.717) is 45.6 Å². The Morgan fingerprint density at radius 2 is 1.30 bits per heavy atom. The van der Waals surface area contributed by atoms with Gasteiger partial charge >= 0.3 is 6.09 Å². The second-order valence-corrected chi connectivity index (χ2v) is 9.82. The molecule has 0 aromatic rings. The number of aldehydes is 1. The number of rotatable bonds is 13. The number of nitrogens with one attached hydrogen (secondary N) is 3. The maximum absolute atomic E-state index is 13.1. The zero-order valence-corrected chi connectivity index (χ0v) is 20.9. The molecule has 1 aliphatic heterocycles. The first-order valence-electron chi connectivity index (χ1n) is 11.9. The van der Waals surface area contributed by atoms with E-state index in [1.54, 1.807) is 0 Å². The Labute approximate surface area is 197 Å². The van der Waals surface area contributed by atoms with E-state index in [1.807, 2.05) is 41.5 Å². The fourth-order valence-electron chi connectivity index (χ4n) is 3.54. The van der Waals surface area contributed by atoms with Crippen LogP contribution >= 0.6 is 0 Å². The molecule has 0 unspecified atom stereocenters. The van der Waals surface area contributed by atoms with Crippen molar-refractivity contribution in [2.75, 3.05) is 26.3 Å². The molecule has 190 valence electrons. The molecule has 1 fully saturated rings. The minimum Gasteiger partial charge on any atom is -0.379 e. The van der Waals surface area contributed by atoms with Crippen LogP contribution in [0, 0.1) is 17.8 Å². The lowest BCUT2D eigenvalue weighted by Gasteiger charge is -2.28. The van der Waals surface area contributed by atoms with E-state index in [4.69, 9.17) is 9.57 Å². The van der Waals surface area contributed by atoms with E-state index < -0.39 is 36.0 Å². The Hall–Kier alpha value is -2.20. The smallest absolute Gasteiger partial charge is 0.379 e. The van der Waals surface area contributed by atoms with Gasteiger partial charge in [0.15, 0.2) is 0 Å². The van der Waals surface area contributed by atoms with Gasteiger partial charge in [-0.15, -0.1) is 5.06 Å². The summed E-state index contributed by atoms with van der Waals surface area (Å²) in [6.45, 7) is 13.5. The van der Waals surface area contributed by atoms with Crippen LogP contribution in [0.25, 0.3) is 0 Å².